The molecule has 0 radical (unpaired) electrons. The highest BCUT2D eigenvalue weighted by atomic mass is 19.3. The van der Waals surface area contributed by atoms with Gasteiger partial charge in [-0.1, -0.05) is 0 Å². The number of rotatable bonds is 2. The summed E-state index contributed by atoms with van der Waals surface area (Å²) < 4.78 is 27.9. The lowest BCUT2D eigenvalue weighted by molar-refractivity contribution is 0.0256. The van der Waals surface area contributed by atoms with Crippen LogP contribution in [0.5, 0.6) is 0 Å². The number of anilines is 1. The van der Waals surface area contributed by atoms with Crippen LogP contribution in [0, 0.1) is 6.92 Å². The van der Waals surface area contributed by atoms with Crippen LogP contribution in [-0.2, 0) is 0 Å². The fraction of sp³-hybridized carbons (Fsp3) is 0.417. The number of aryl methyl sites for hydroxylation is 1. The fourth-order valence-corrected chi connectivity index (χ4v) is 2.34. The lowest BCUT2D eigenvalue weighted by Crippen LogP contribution is -2.26. The van der Waals surface area contributed by atoms with Crippen molar-refractivity contribution in [2.24, 2.45) is 0 Å². The molecular formula is C12H12F2N4O2. The summed E-state index contributed by atoms with van der Waals surface area (Å²) in [6.07, 6.45) is 0.990. The van der Waals surface area contributed by atoms with Crippen molar-refractivity contribution in [3.63, 3.8) is 0 Å². The van der Waals surface area contributed by atoms with Crippen LogP contribution >= 0.6 is 0 Å². The quantitative estimate of drug-likeness (QED) is 0.905. The van der Waals surface area contributed by atoms with Crippen LogP contribution in [0.3, 0.4) is 0 Å². The van der Waals surface area contributed by atoms with Crippen LogP contribution in [0.15, 0.2) is 12.3 Å². The Hall–Kier alpha value is -2.25. The molecule has 3 heterocycles. The van der Waals surface area contributed by atoms with Gasteiger partial charge in [-0.3, -0.25) is 0 Å². The van der Waals surface area contributed by atoms with Crippen molar-refractivity contribution in [2.75, 3.05) is 18.0 Å². The van der Waals surface area contributed by atoms with Gasteiger partial charge < -0.3 is 10.0 Å². The minimum atomic E-state index is -2.72. The lowest BCUT2D eigenvalue weighted by Gasteiger charge is -2.17. The third kappa shape index (κ3) is 1.97. The first-order valence-electron chi connectivity index (χ1n) is 6.09. The molecule has 2 aromatic rings. The molecule has 106 valence electrons. The average molecular weight is 282 g/mol. The number of hydrogen-bond donors (Lipinski definition) is 1. The van der Waals surface area contributed by atoms with Crippen LogP contribution in [0.2, 0.25) is 0 Å². The molecular weight excluding hydrogens is 270 g/mol. The molecule has 3 rings (SSSR count). The molecule has 0 saturated carbocycles. The van der Waals surface area contributed by atoms with E-state index in [2.05, 4.69) is 10.1 Å². The Balaban J connectivity index is 2.09. The van der Waals surface area contributed by atoms with Crippen LogP contribution in [0.1, 0.15) is 22.5 Å². The highest BCUT2D eigenvalue weighted by Gasteiger charge is 2.39. The van der Waals surface area contributed by atoms with Gasteiger partial charge in [0, 0.05) is 24.7 Å². The van der Waals surface area contributed by atoms with Crippen molar-refractivity contribution in [1.29, 1.82) is 0 Å². The van der Waals surface area contributed by atoms with E-state index >= 15 is 0 Å². The zero-order valence-corrected chi connectivity index (χ0v) is 10.7. The first-order chi connectivity index (χ1) is 9.37. The maximum atomic E-state index is 13.3. The zero-order chi connectivity index (χ0) is 14.5. The van der Waals surface area contributed by atoms with E-state index in [4.69, 9.17) is 5.11 Å². The van der Waals surface area contributed by atoms with Crippen molar-refractivity contribution in [1.82, 2.24) is 14.6 Å². The van der Waals surface area contributed by atoms with Crippen molar-refractivity contribution in [3.8, 4) is 0 Å². The van der Waals surface area contributed by atoms with E-state index in [0.717, 1.165) is 0 Å². The van der Waals surface area contributed by atoms with Crippen molar-refractivity contribution in [2.45, 2.75) is 19.3 Å². The molecule has 8 heteroatoms. The number of halogens is 2. The SMILES string of the molecule is Cc1cc(N2CCC(F)(F)C2)nc2c(C(=O)O)cnn12. The van der Waals surface area contributed by atoms with Gasteiger partial charge in [0.1, 0.15) is 11.4 Å². The predicted molar refractivity (Wildman–Crippen MR) is 66.5 cm³/mol. The monoisotopic (exact) mass is 282 g/mol. The normalized spacial score (nSPS) is 17.9. The van der Waals surface area contributed by atoms with Crippen molar-refractivity contribution in [3.05, 3.63) is 23.5 Å². The number of carboxylic acids is 1. The molecule has 1 saturated heterocycles. The molecule has 1 fully saturated rings. The van der Waals surface area contributed by atoms with Gasteiger partial charge in [0.05, 0.1) is 12.7 Å². The maximum absolute atomic E-state index is 13.3. The van der Waals surface area contributed by atoms with E-state index in [1.54, 1.807) is 13.0 Å². The number of alkyl halides is 2. The summed E-state index contributed by atoms with van der Waals surface area (Å²) in [5.74, 6) is -3.51. The van der Waals surface area contributed by atoms with Gasteiger partial charge in [-0.05, 0) is 6.92 Å². The van der Waals surface area contributed by atoms with E-state index in [9.17, 15) is 13.6 Å². The average Bonchev–Trinajstić information content (AvgIpc) is 2.92. The summed E-state index contributed by atoms with van der Waals surface area (Å²) in [4.78, 5) is 16.7. The number of fused-ring (bicyclic) bond motifs is 1. The molecule has 0 bridgehead atoms. The summed E-state index contributed by atoms with van der Waals surface area (Å²) in [7, 11) is 0. The number of carbonyl (C=O) groups is 1. The zero-order valence-electron chi connectivity index (χ0n) is 10.7. The summed E-state index contributed by atoms with van der Waals surface area (Å²) >= 11 is 0. The van der Waals surface area contributed by atoms with Crippen molar-refractivity contribution >= 4 is 17.4 Å². The number of nitrogens with zero attached hydrogens (tertiary/aromatic N) is 4. The van der Waals surface area contributed by atoms with Crippen molar-refractivity contribution < 1.29 is 18.7 Å². The van der Waals surface area contributed by atoms with Gasteiger partial charge in [0.2, 0.25) is 0 Å². The first kappa shape index (κ1) is 12.8. The van der Waals surface area contributed by atoms with E-state index in [1.165, 1.54) is 15.6 Å². The molecule has 0 spiro atoms. The van der Waals surface area contributed by atoms with Gasteiger partial charge in [0.25, 0.3) is 5.92 Å². The highest BCUT2D eigenvalue weighted by molar-refractivity contribution is 5.94. The topological polar surface area (TPSA) is 70.7 Å². The summed E-state index contributed by atoms with van der Waals surface area (Å²) in [5.41, 5.74) is 0.774. The van der Waals surface area contributed by atoms with Gasteiger partial charge in [-0.2, -0.15) is 5.10 Å². The van der Waals surface area contributed by atoms with E-state index in [-0.39, 0.29) is 24.2 Å². The second-order valence-electron chi connectivity index (χ2n) is 4.88. The molecule has 2 aromatic heterocycles. The Morgan fingerprint density at radius 1 is 1.50 bits per heavy atom. The first-order valence-corrected chi connectivity index (χ1v) is 6.09. The van der Waals surface area contributed by atoms with Gasteiger partial charge in [-0.25, -0.2) is 23.1 Å². The Morgan fingerprint density at radius 2 is 2.25 bits per heavy atom. The molecule has 20 heavy (non-hydrogen) atoms. The maximum Gasteiger partial charge on any atom is 0.341 e. The van der Waals surface area contributed by atoms with E-state index < -0.39 is 18.4 Å². The number of carboxylic acid groups (broad SMARTS) is 1. The third-order valence-electron chi connectivity index (χ3n) is 3.36. The summed E-state index contributed by atoms with van der Waals surface area (Å²) in [6, 6.07) is 1.63. The molecule has 0 aromatic carbocycles. The molecule has 0 unspecified atom stereocenters. The largest absolute Gasteiger partial charge is 0.477 e. The van der Waals surface area contributed by atoms with Crippen LogP contribution in [-0.4, -0.2) is 44.7 Å². The highest BCUT2D eigenvalue weighted by Crippen LogP contribution is 2.30. The molecule has 1 N–H and O–H groups in total. The molecule has 0 aliphatic carbocycles. The van der Waals surface area contributed by atoms with Crippen LogP contribution < -0.4 is 4.90 Å². The molecule has 6 nitrogen and oxygen atoms in total. The van der Waals surface area contributed by atoms with Gasteiger partial charge >= 0.3 is 5.97 Å². The number of aromatic carboxylic acids is 1. The molecule has 0 atom stereocenters. The lowest BCUT2D eigenvalue weighted by atomic mass is 10.3. The Labute approximate surface area is 112 Å². The Bertz CT molecular complexity index is 698. The summed E-state index contributed by atoms with van der Waals surface area (Å²) in [6.45, 7) is 1.53. The van der Waals surface area contributed by atoms with Crippen LogP contribution in [0.25, 0.3) is 5.65 Å². The van der Waals surface area contributed by atoms with E-state index in [1.807, 2.05) is 0 Å². The molecule has 1 aliphatic heterocycles. The smallest absolute Gasteiger partial charge is 0.341 e. The van der Waals surface area contributed by atoms with Gasteiger partial charge in [-0.15, -0.1) is 0 Å². The fourth-order valence-electron chi connectivity index (χ4n) is 2.34. The summed E-state index contributed by atoms with van der Waals surface area (Å²) in [5, 5.41) is 13.0. The van der Waals surface area contributed by atoms with Crippen LogP contribution in [0.4, 0.5) is 14.6 Å². The number of hydrogen-bond acceptors (Lipinski definition) is 4. The number of aromatic nitrogens is 3. The predicted octanol–water partition coefficient (Wildman–Crippen LogP) is 1.58. The molecule has 1 aliphatic rings. The standard InChI is InChI=1S/C12H12F2N4O2/c1-7-4-9(17-3-2-12(13,14)6-17)16-10-8(11(19)20)5-15-18(7)10/h4-5H,2-3,6H2,1H3,(H,19,20). The van der Waals surface area contributed by atoms with E-state index in [0.29, 0.717) is 11.5 Å². The minimum absolute atomic E-state index is 0.0408. The minimum Gasteiger partial charge on any atom is -0.477 e. The second kappa shape index (κ2) is 4.12. The molecule has 0 amide bonds. The third-order valence-corrected chi connectivity index (χ3v) is 3.36. The Kier molecular flexibility index (Phi) is 2.63. The second-order valence-corrected chi connectivity index (χ2v) is 4.88. The van der Waals surface area contributed by atoms with Gasteiger partial charge in [0.15, 0.2) is 5.65 Å². The Morgan fingerprint density at radius 3 is 2.85 bits per heavy atom.